The van der Waals surface area contributed by atoms with Gasteiger partial charge < -0.3 is 10.8 Å². The molecule has 116 valence electrons. The molecule has 10 heteroatoms. The number of rotatable bonds is 4. The summed E-state index contributed by atoms with van der Waals surface area (Å²) in [5.41, 5.74) is 6.99. The fraction of sp³-hybridized carbons (Fsp3) is 0.182. The molecule has 6 N–H and O–H groups in total. The number of nitrogens with one attached hydrogen (secondary N) is 2. The molecule has 1 atom stereocenters. The van der Waals surface area contributed by atoms with E-state index in [0.717, 1.165) is 10.4 Å². The first-order valence-electron chi connectivity index (χ1n) is 5.71. The third-order valence-corrected chi connectivity index (χ3v) is 2.83. The Balaban J connectivity index is 0.00000220. The number of hydrogen-bond acceptors (Lipinski definition) is 7. The molecule has 0 aliphatic carbocycles. The Morgan fingerprint density at radius 2 is 2.00 bits per heavy atom. The molecule has 0 spiro atoms. The molecule has 2 rings (SSSR count). The first-order valence-corrected chi connectivity index (χ1v) is 7.07. The predicted molar refractivity (Wildman–Crippen MR) is 74.8 cm³/mol. The molecule has 1 aromatic carbocycles. The molecule has 1 aliphatic rings. The van der Waals surface area contributed by atoms with E-state index in [1.165, 1.54) is 0 Å². The van der Waals surface area contributed by atoms with Crippen LogP contribution in [0.4, 0.5) is 5.69 Å². The Labute approximate surface area is 121 Å². The van der Waals surface area contributed by atoms with Crippen LogP contribution in [-0.4, -0.2) is 35.2 Å². The van der Waals surface area contributed by atoms with Gasteiger partial charge in [-0.3, -0.25) is 9.87 Å². The number of hydrogen-bond donors (Lipinski definition) is 4. The average Bonchev–Trinajstić information content (AvgIpc) is 2.34. The van der Waals surface area contributed by atoms with Gasteiger partial charge in [0.05, 0.1) is 6.08 Å². The van der Waals surface area contributed by atoms with E-state index < -0.39 is 16.7 Å². The molecular weight excluding hydrogens is 300 g/mol. The van der Waals surface area contributed by atoms with Gasteiger partial charge in [-0.1, -0.05) is 18.2 Å². The lowest BCUT2D eigenvalue weighted by Crippen LogP contribution is -2.52. The lowest BCUT2D eigenvalue weighted by Gasteiger charge is -2.19. The molecule has 0 amide bonds. The zero-order chi connectivity index (χ0) is 14.8. The Kier molecular flexibility index (Phi) is 5.27. The number of benzene rings is 1. The summed E-state index contributed by atoms with van der Waals surface area (Å²) < 4.78 is 35.3. The molecule has 9 nitrogen and oxygen atoms in total. The van der Waals surface area contributed by atoms with Crippen LogP contribution in [0.5, 0.6) is 0 Å². The summed E-state index contributed by atoms with van der Waals surface area (Å²) in [5, 5.41) is 5.88. The van der Waals surface area contributed by atoms with Crippen LogP contribution in [0.3, 0.4) is 0 Å². The fourth-order valence-corrected chi connectivity index (χ4v) is 2.12. The molecule has 21 heavy (non-hydrogen) atoms. The standard InChI is InChI=1S/C11H14N4O4S.H2O/c1-8-7-10(13-9-5-3-2-4-6-9)14-11(12)15(8)19-20(16,17)18;/h2-7,11H,12H2,1H3,(H2,13,14,16,17,18);1H2. The minimum atomic E-state index is -4.63. The lowest BCUT2D eigenvalue weighted by atomic mass is 10.3. The summed E-state index contributed by atoms with van der Waals surface area (Å²) >= 11 is 0. The molecule has 0 saturated carbocycles. The molecule has 0 aromatic heterocycles. The van der Waals surface area contributed by atoms with Crippen LogP contribution >= 0.6 is 0 Å². The van der Waals surface area contributed by atoms with Gasteiger partial charge in [0.15, 0.2) is 0 Å². The van der Waals surface area contributed by atoms with Crippen molar-refractivity contribution in [1.29, 1.82) is 0 Å². The monoisotopic (exact) mass is 316 g/mol. The van der Waals surface area contributed by atoms with E-state index in [9.17, 15) is 8.42 Å². The smallest absolute Gasteiger partial charge is 0.499 e. The Morgan fingerprint density at radius 3 is 2.52 bits per heavy atom. The number of nitrogens with zero attached hydrogens (tertiary/aromatic N) is 1. The summed E-state index contributed by atoms with van der Waals surface area (Å²) in [6, 6.07) is 9.36. The Morgan fingerprint density at radius 1 is 1.38 bits per heavy atom. The van der Waals surface area contributed by atoms with Crippen LogP contribution in [0.2, 0.25) is 0 Å². The second kappa shape index (κ2) is 6.54. The van der Waals surface area contributed by atoms with Gasteiger partial charge >= 0.3 is 16.7 Å². The summed E-state index contributed by atoms with van der Waals surface area (Å²) in [4.78, 5) is 0. The van der Waals surface area contributed by atoms with Gasteiger partial charge in [-0.25, -0.2) is 5.73 Å². The summed E-state index contributed by atoms with van der Waals surface area (Å²) in [7, 11) is -4.63. The summed E-state index contributed by atoms with van der Waals surface area (Å²) in [6.07, 6.45) is 0.634. The van der Waals surface area contributed by atoms with Crippen molar-refractivity contribution in [3.8, 4) is 0 Å². The van der Waals surface area contributed by atoms with E-state index >= 15 is 0 Å². The number of hydroxylamine groups is 1. The fourth-order valence-electron chi connectivity index (χ4n) is 1.71. The zero-order valence-corrected chi connectivity index (χ0v) is 11.9. The first-order chi connectivity index (χ1) is 9.35. The van der Waals surface area contributed by atoms with Gasteiger partial charge in [0.25, 0.3) is 0 Å². The van der Waals surface area contributed by atoms with E-state index in [1.807, 2.05) is 30.3 Å². The van der Waals surface area contributed by atoms with Gasteiger partial charge in [0.1, 0.15) is 5.82 Å². The van der Waals surface area contributed by atoms with Crippen molar-refractivity contribution < 1.29 is 27.5 Å². The lowest BCUT2D eigenvalue weighted by molar-refractivity contribution is -0.775. The highest BCUT2D eigenvalue weighted by Crippen LogP contribution is 2.10. The van der Waals surface area contributed by atoms with E-state index in [-0.39, 0.29) is 5.48 Å². The van der Waals surface area contributed by atoms with Crippen molar-refractivity contribution in [2.75, 3.05) is 5.32 Å². The number of anilines is 1. The van der Waals surface area contributed by atoms with Gasteiger partial charge in [-0.05, 0) is 12.1 Å². The maximum absolute atomic E-state index is 10.7. The number of nitrogens with two attached hydrogens (primary N) is 1. The molecule has 1 aromatic rings. The first kappa shape index (κ1) is 16.9. The van der Waals surface area contributed by atoms with Gasteiger partial charge in [-0.15, -0.1) is 4.28 Å². The van der Waals surface area contributed by atoms with Crippen molar-refractivity contribution in [3.63, 3.8) is 0 Å². The third kappa shape index (κ3) is 4.72. The number of allylic oxidation sites excluding steroid dienone is 1. The van der Waals surface area contributed by atoms with Gasteiger partial charge in [0.2, 0.25) is 5.71 Å². The van der Waals surface area contributed by atoms with E-state index in [1.54, 1.807) is 13.0 Å². The molecule has 0 saturated heterocycles. The highest BCUT2D eigenvalue weighted by atomic mass is 32.3. The van der Waals surface area contributed by atoms with Crippen molar-refractivity contribution in [1.82, 2.24) is 5.32 Å². The quantitative estimate of drug-likeness (QED) is 0.441. The van der Waals surface area contributed by atoms with Gasteiger partial charge in [-0.2, -0.15) is 8.42 Å². The summed E-state index contributed by atoms with van der Waals surface area (Å²) in [5.74, 6) is 0.580. The van der Waals surface area contributed by atoms with Crippen LogP contribution in [0.15, 0.2) is 42.2 Å². The highest BCUT2D eigenvalue weighted by molar-refractivity contribution is 7.80. The minimum absolute atomic E-state index is 0. The molecular formula is C11H16N4O5S. The van der Waals surface area contributed by atoms with E-state index in [4.69, 9.17) is 10.3 Å². The molecule has 0 fully saturated rings. The van der Waals surface area contributed by atoms with Crippen molar-refractivity contribution in [3.05, 3.63) is 42.2 Å². The highest BCUT2D eigenvalue weighted by Gasteiger charge is 2.31. The van der Waals surface area contributed by atoms with Crippen molar-refractivity contribution in [2.45, 2.75) is 13.2 Å². The Hall–Kier alpha value is -2.14. The second-order valence-electron chi connectivity index (χ2n) is 4.11. The number of para-hydroxylation sites is 1. The largest absolute Gasteiger partial charge is 0.870 e. The van der Waals surface area contributed by atoms with Crippen LogP contribution in [0.1, 0.15) is 6.92 Å². The van der Waals surface area contributed by atoms with Crippen LogP contribution < -0.4 is 16.4 Å². The van der Waals surface area contributed by atoms with Gasteiger partial charge in [0, 0.05) is 17.3 Å². The second-order valence-corrected chi connectivity index (χ2v) is 5.11. The maximum Gasteiger partial charge on any atom is 0.499 e. The molecule has 1 unspecified atom stereocenters. The molecule has 1 aliphatic heterocycles. The minimum Gasteiger partial charge on any atom is -0.870 e. The normalized spacial score (nSPS) is 18.2. The van der Waals surface area contributed by atoms with E-state index in [2.05, 4.69) is 14.9 Å². The van der Waals surface area contributed by atoms with Crippen LogP contribution in [0.25, 0.3) is 0 Å². The maximum atomic E-state index is 10.7. The van der Waals surface area contributed by atoms with Crippen LogP contribution in [0, 0.1) is 0 Å². The summed E-state index contributed by atoms with van der Waals surface area (Å²) in [6.45, 7) is 1.60. The Bertz CT molecular complexity index is 656. The molecule has 0 radical (unpaired) electrons. The molecule has 0 bridgehead atoms. The third-order valence-electron chi connectivity index (χ3n) is 2.48. The van der Waals surface area contributed by atoms with E-state index in [0.29, 0.717) is 11.5 Å². The average molecular weight is 316 g/mol. The molecule has 1 heterocycles. The van der Waals surface area contributed by atoms with Crippen molar-refractivity contribution >= 4 is 21.8 Å². The van der Waals surface area contributed by atoms with Crippen molar-refractivity contribution in [2.24, 2.45) is 5.73 Å². The predicted octanol–water partition coefficient (Wildman–Crippen LogP) is -0.184. The van der Waals surface area contributed by atoms with Crippen LogP contribution in [-0.2, 0) is 14.7 Å². The topological polar surface area (TPSA) is 147 Å². The SMILES string of the molecule is CC1=[N+](OS(=O)(=O)O)C(N)NC(Nc2ccccc2)=C1.[OH-]. The zero-order valence-electron chi connectivity index (χ0n) is 11.1.